The van der Waals surface area contributed by atoms with Crippen molar-refractivity contribution in [3.63, 3.8) is 0 Å². The summed E-state index contributed by atoms with van der Waals surface area (Å²) in [5.74, 6) is 0.661. The summed E-state index contributed by atoms with van der Waals surface area (Å²) >= 11 is 0. The van der Waals surface area contributed by atoms with E-state index in [0.717, 1.165) is 32.8 Å². The molecule has 0 unspecified atom stereocenters. The van der Waals surface area contributed by atoms with Gasteiger partial charge in [0.1, 0.15) is 5.75 Å². The lowest BCUT2D eigenvalue weighted by Crippen LogP contribution is -2.39. The van der Waals surface area contributed by atoms with Crippen molar-refractivity contribution in [1.29, 1.82) is 0 Å². The molecule has 0 saturated carbocycles. The maximum atomic E-state index is 13.3. The minimum Gasteiger partial charge on any atom is -0.497 e. The molecule has 0 amide bonds. The molecule has 5 rings (SSSR count). The van der Waals surface area contributed by atoms with Crippen LogP contribution in [0, 0.1) is 0 Å². The Hall–Kier alpha value is -3.49. The zero-order valence-corrected chi connectivity index (χ0v) is 17.9. The maximum absolute atomic E-state index is 13.3. The van der Waals surface area contributed by atoms with Gasteiger partial charge in [0.05, 0.1) is 47.8 Å². The Morgan fingerprint density at radius 3 is 2.47 bits per heavy atom. The molecule has 0 N–H and O–H groups in total. The molecule has 164 valence electrons. The van der Waals surface area contributed by atoms with E-state index in [1.165, 1.54) is 4.57 Å². The van der Waals surface area contributed by atoms with E-state index in [9.17, 15) is 9.59 Å². The molecule has 1 aliphatic rings. The number of aromatic nitrogens is 3. The summed E-state index contributed by atoms with van der Waals surface area (Å²) in [4.78, 5) is 33.3. The number of hydrogen-bond donors (Lipinski definition) is 0. The quantitative estimate of drug-likeness (QED) is 0.449. The van der Waals surface area contributed by atoms with Crippen LogP contribution in [0.15, 0.2) is 64.4 Å². The highest BCUT2D eigenvalue weighted by Gasteiger charge is 2.13. The van der Waals surface area contributed by atoms with Gasteiger partial charge in [-0.15, -0.1) is 0 Å². The van der Waals surface area contributed by atoms with Crippen LogP contribution in [-0.4, -0.2) is 59.0 Å². The van der Waals surface area contributed by atoms with Gasteiger partial charge in [-0.3, -0.25) is 19.1 Å². The zero-order chi connectivity index (χ0) is 22.1. The van der Waals surface area contributed by atoms with Crippen LogP contribution in [0.2, 0.25) is 0 Å². The normalized spacial score (nSPS) is 14.8. The van der Waals surface area contributed by atoms with Crippen molar-refractivity contribution in [3.8, 4) is 11.4 Å². The smallest absolute Gasteiger partial charge is 0.264 e. The number of hydrogen-bond acceptors (Lipinski definition) is 6. The van der Waals surface area contributed by atoms with Crippen molar-refractivity contribution in [2.24, 2.45) is 0 Å². The first kappa shape index (κ1) is 20.4. The fourth-order valence-electron chi connectivity index (χ4n) is 4.08. The van der Waals surface area contributed by atoms with Gasteiger partial charge in [-0.2, -0.15) is 0 Å². The van der Waals surface area contributed by atoms with E-state index in [4.69, 9.17) is 9.47 Å². The number of nitrogens with zero attached hydrogens (tertiary/aromatic N) is 4. The van der Waals surface area contributed by atoms with Crippen molar-refractivity contribution in [2.75, 3.05) is 40.0 Å². The Bertz CT molecular complexity index is 1400. The summed E-state index contributed by atoms with van der Waals surface area (Å²) in [5, 5.41) is 0.855. The molecule has 32 heavy (non-hydrogen) atoms. The Labute approximate surface area is 184 Å². The van der Waals surface area contributed by atoms with Gasteiger partial charge in [0.15, 0.2) is 0 Å². The van der Waals surface area contributed by atoms with Crippen molar-refractivity contribution in [2.45, 2.75) is 6.54 Å². The molecule has 8 nitrogen and oxygen atoms in total. The third kappa shape index (κ3) is 3.79. The fraction of sp³-hybridized carbons (Fsp3) is 0.292. The van der Waals surface area contributed by atoms with Crippen LogP contribution in [0.3, 0.4) is 0 Å². The van der Waals surface area contributed by atoms with Crippen LogP contribution in [0.5, 0.6) is 5.75 Å². The van der Waals surface area contributed by atoms with Gasteiger partial charge in [0.2, 0.25) is 0 Å². The Kier molecular flexibility index (Phi) is 5.46. The molecule has 0 radical (unpaired) electrons. The average molecular weight is 432 g/mol. The maximum Gasteiger partial charge on any atom is 0.264 e. The third-order valence-corrected chi connectivity index (χ3v) is 5.91. The summed E-state index contributed by atoms with van der Waals surface area (Å²) in [7, 11) is 1.59. The summed E-state index contributed by atoms with van der Waals surface area (Å²) in [5.41, 5.74) is 1.47. The molecule has 4 heterocycles. The van der Waals surface area contributed by atoms with Crippen LogP contribution in [0.1, 0.15) is 0 Å². The largest absolute Gasteiger partial charge is 0.497 e. The van der Waals surface area contributed by atoms with E-state index in [2.05, 4.69) is 9.88 Å². The van der Waals surface area contributed by atoms with Gasteiger partial charge < -0.3 is 14.0 Å². The fourth-order valence-corrected chi connectivity index (χ4v) is 4.08. The lowest BCUT2D eigenvalue weighted by atomic mass is 10.2. The molecule has 1 saturated heterocycles. The van der Waals surface area contributed by atoms with E-state index < -0.39 is 0 Å². The van der Waals surface area contributed by atoms with Crippen molar-refractivity contribution >= 4 is 21.8 Å². The van der Waals surface area contributed by atoms with Gasteiger partial charge >= 0.3 is 0 Å². The van der Waals surface area contributed by atoms with Crippen molar-refractivity contribution in [1.82, 2.24) is 19.0 Å². The van der Waals surface area contributed by atoms with Crippen molar-refractivity contribution in [3.05, 3.63) is 75.6 Å². The Balaban J connectivity index is 1.55. The van der Waals surface area contributed by atoms with Gasteiger partial charge in [-0.25, -0.2) is 4.98 Å². The highest BCUT2D eigenvalue weighted by Crippen LogP contribution is 2.18. The lowest BCUT2D eigenvalue weighted by molar-refractivity contribution is 0.0363. The Morgan fingerprint density at radius 1 is 0.938 bits per heavy atom. The SMILES string of the molecule is COc1cccc(-n2ccc3nc4ccn(CCN5CCOCC5)c(=O)c4cc3c2=O)c1. The van der Waals surface area contributed by atoms with Crippen LogP contribution >= 0.6 is 0 Å². The molecule has 0 bridgehead atoms. The van der Waals surface area contributed by atoms with Gasteiger partial charge in [-0.1, -0.05) is 6.07 Å². The first-order valence-electron chi connectivity index (χ1n) is 10.6. The highest BCUT2D eigenvalue weighted by atomic mass is 16.5. The zero-order valence-electron chi connectivity index (χ0n) is 17.9. The minimum absolute atomic E-state index is 0.138. The monoisotopic (exact) mass is 432 g/mol. The van der Waals surface area contributed by atoms with Gasteiger partial charge in [-0.05, 0) is 30.3 Å². The van der Waals surface area contributed by atoms with E-state index in [1.54, 1.807) is 42.3 Å². The molecular weight excluding hydrogens is 408 g/mol. The number of benzene rings is 1. The molecule has 1 fully saturated rings. The summed E-state index contributed by atoms with van der Waals surface area (Å²) in [6, 6.07) is 12.6. The second-order valence-electron chi connectivity index (χ2n) is 7.81. The molecule has 0 atom stereocenters. The van der Waals surface area contributed by atoms with Crippen LogP contribution in [-0.2, 0) is 11.3 Å². The van der Waals surface area contributed by atoms with Crippen LogP contribution < -0.4 is 15.9 Å². The summed E-state index contributed by atoms with van der Waals surface area (Å²) < 4.78 is 13.9. The second-order valence-corrected chi connectivity index (χ2v) is 7.81. The van der Waals surface area contributed by atoms with Gasteiger partial charge in [0, 0.05) is 44.6 Å². The first-order valence-corrected chi connectivity index (χ1v) is 10.6. The van der Waals surface area contributed by atoms with E-state index in [0.29, 0.717) is 39.8 Å². The second kappa shape index (κ2) is 8.57. The van der Waals surface area contributed by atoms with E-state index >= 15 is 0 Å². The first-order chi connectivity index (χ1) is 15.6. The summed E-state index contributed by atoms with van der Waals surface area (Å²) in [6.45, 7) is 4.55. The predicted octanol–water partition coefficient (Wildman–Crippen LogP) is 2.04. The molecule has 0 aliphatic carbocycles. The summed E-state index contributed by atoms with van der Waals surface area (Å²) in [6.07, 6.45) is 3.48. The number of morpholine rings is 1. The minimum atomic E-state index is -0.228. The molecule has 1 aliphatic heterocycles. The molecule has 8 heteroatoms. The highest BCUT2D eigenvalue weighted by molar-refractivity contribution is 5.91. The molecule has 3 aromatic heterocycles. The molecule has 4 aromatic rings. The topological polar surface area (TPSA) is 78.6 Å². The third-order valence-electron chi connectivity index (χ3n) is 5.91. The molecule has 0 spiro atoms. The number of ether oxygens (including phenoxy) is 2. The molecular formula is C24H24N4O4. The van der Waals surface area contributed by atoms with Crippen LogP contribution in [0.25, 0.3) is 27.5 Å². The predicted molar refractivity (Wildman–Crippen MR) is 123 cm³/mol. The number of rotatable bonds is 5. The van der Waals surface area contributed by atoms with E-state index in [1.807, 2.05) is 24.3 Å². The van der Waals surface area contributed by atoms with E-state index in [-0.39, 0.29) is 11.1 Å². The number of methoxy groups -OCH3 is 1. The lowest BCUT2D eigenvalue weighted by Gasteiger charge is -2.26. The number of fused-ring (bicyclic) bond motifs is 2. The standard InChI is InChI=1S/C24H24N4O4/c1-31-18-4-2-3-17(15-18)28-8-6-22-20(24(28)30)16-19-21(25-22)5-7-27(23(19)29)10-9-26-11-13-32-14-12-26/h2-8,15-16H,9-14H2,1H3. The average Bonchev–Trinajstić information content (AvgIpc) is 2.84. The molecule has 1 aromatic carbocycles. The Morgan fingerprint density at radius 2 is 1.69 bits per heavy atom. The number of pyridine rings is 3. The van der Waals surface area contributed by atoms with Crippen LogP contribution in [0.4, 0.5) is 0 Å². The van der Waals surface area contributed by atoms with Crippen molar-refractivity contribution < 1.29 is 9.47 Å². The van der Waals surface area contributed by atoms with Gasteiger partial charge in [0.25, 0.3) is 11.1 Å².